The lowest BCUT2D eigenvalue weighted by Crippen LogP contribution is -2.36. The highest BCUT2D eigenvalue weighted by Crippen LogP contribution is 2.25. The number of hydrogen-bond acceptors (Lipinski definition) is 5. The van der Waals surface area contributed by atoms with E-state index in [1.54, 1.807) is 20.4 Å². The van der Waals surface area contributed by atoms with Crippen molar-refractivity contribution in [3.63, 3.8) is 0 Å². The topological polar surface area (TPSA) is 101 Å². The fraction of sp³-hybridized carbons (Fsp3) is 0.227. The summed E-state index contributed by atoms with van der Waals surface area (Å²) in [5.74, 6) is 1.66. The molecular weight excluding hydrogens is 509 g/mol. The maximum absolute atomic E-state index is 11.4. The largest absolute Gasteiger partial charge is 0.495 e. The average molecular weight is 535 g/mol. The van der Waals surface area contributed by atoms with Crippen LogP contribution in [-0.2, 0) is 17.9 Å². The first-order valence-electron chi connectivity index (χ1n) is 9.48. The van der Waals surface area contributed by atoms with Gasteiger partial charge < -0.3 is 25.1 Å². The van der Waals surface area contributed by atoms with Gasteiger partial charge in [0.05, 0.1) is 25.0 Å². The summed E-state index contributed by atoms with van der Waals surface area (Å²) in [4.78, 5) is 20.1. The molecule has 1 heterocycles. The van der Waals surface area contributed by atoms with Gasteiger partial charge in [0.1, 0.15) is 12.0 Å². The summed E-state index contributed by atoms with van der Waals surface area (Å²) < 4.78 is 10.8. The van der Waals surface area contributed by atoms with Crippen LogP contribution in [0.15, 0.2) is 64.2 Å². The smallest absolute Gasteiger partial charge is 0.226 e. The molecule has 0 aliphatic carbocycles. The number of anilines is 1. The lowest BCUT2D eigenvalue weighted by atomic mass is 10.2. The lowest BCUT2D eigenvalue weighted by molar-refractivity contribution is -0.114. The first-order chi connectivity index (χ1) is 14.6. The summed E-state index contributed by atoms with van der Waals surface area (Å²) in [6.45, 7) is 2.45. The molecular formula is C22H26IN5O3. The molecule has 1 aromatic heterocycles. The van der Waals surface area contributed by atoms with Crippen molar-refractivity contribution in [2.24, 2.45) is 4.99 Å². The van der Waals surface area contributed by atoms with E-state index < -0.39 is 0 Å². The molecule has 0 aliphatic rings. The molecule has 0 spiro atoms. The number of amides is 1. The van der Waals surface area contributed by atoms with Crippen LogP contribution < -0.4 is 20.7 Å². The number of benzene rings is 2. The molecule has 3 N–H and O–H groups in total. The van der Waals surface area contributed by atoms with Gasteiger partial charge in [0, 0.05) is 26.1 Å². The van der Waals surface area contributed by atoms with Crippen LogP contribution in [0.1, 0.15) is 18.2 Å². The van der Waals surface area contributed by atoms with Crippen molar-refractivity contribution in [2.75, 3.05) is 19.5 Å². The minimum absolute atomic E-state index is 0. The zero-order valence-corrected chi connectivity index (χ0v) is 20.0. The second kappa shape index (κ2) is 11.9. The first kappa shape index (κ1) is 24.2. The van der Waals surface area contributed by atoms with Crippen molar-refractivity contribution < 1.29 is 13.9 Å². The number of carbonyl (C=O) groups excluding carboxylic acids is 1. The van der Waals surface area contributed by atoms with Crippen LogP contribution in [0.2, 0.25) is 0 Å². The Morgan fingerprint density at radius 3 is 2.55 bits per heavy atom. The average Bonchev–Trinajstić information content (AvgIpc) is 3.23. The van der Waals surface area contributed by atoms with E-state index in [1.165, 1.54) is 6.92 Å². The number of methoxy groups -OCH3 is 1. The van der Waals surface area contributed by atoms with Crippen molar-refractivity contribution >= 4 is 41.5 Å². The molecule has 9 heteroatoms. The molecule has 0 fully saturated rings. The van der Waals surface area contributed by atoms with Gasteiger partial charge in [-0.05, 0) is 29.8 Å². The SMILES string of the molecule is CN=C(NCc1ccc(OC)c(NC(C)=O)c1)NCc1coc(-c2ccccc2)n1.I. The van der Waals surface area contributed by atoms with Crippen LogP contribution in [0.5, 0.6) is 5.75 Å². The third-order valence-electron chi connectivity index (χ3n) is 4.27. The lowest BCUT2D eigenvalue weighted by Gasteiger charge is -2.13. The Bertz CT molecular complexity index is 1020. The number of hydrogen-bond donors (Lipinski definition) is 3. The Hall–Kier alpha value is -3.08. The highest BCUT2D eigenvalue weighted by atomic mass is 127. The maximum atomic E-state index is 11.4. The normalized spacial score (nSPS) is 10.7. The van der Waals surface area contributed by atoms with Crippen molar-refractivity contribution in [3.05, 3.63) is 66.1 Å². The minimum Gasteiger partial charge on any atom is -0.495 e. The number of nitrogens with zero attached hydrogens (tertiary/aromatic N) is 2. The number of oxazole rings is 1. The Morgan fingerprint density at radius 1 is 1.13 bits per heavy atom. The summed E-state index contributed by atoms with van der Waals surface area (Å²) >= 11 is 0. The molecule has 0 saturated heterocycles. The van der Waals surface area contributed by atoms with Crippen molar-refractivity contribution in [1.29, 1.82) is 0 Å². The van der Waals surface area contributed by atoms with Crippen LogP contribution in [0.25, 0.3) is 11.5 Å². The van der Waals surface area contributed by atoms with Crippen LogP contribution >= 0.6 is 24.0 Å². The molecule has 164 valence electrons. The van der Waals surface area contributed by atoms with Gasteiger partial charge in [0.25, 0.3) is 0 Å². The standard InChI is InChI=1S/C22H25N5O3.HI/c1-15(28)26-19-11-16(9-10-20(19)29-3)12-24-22(23-2)25-13-18-14-30-21(27-18)17-7-5-4-6-8-17;/h4-11,14H,12-13H2,1-3H3,(H,26,28)(H2,23,24,25);1H. The second-order valence-electron chi connectivity index (χ2n) is 6.51. The molecule has 3 rings (SSSR count). The summed E-state index contributed by atoms with van der Waals surface area (Å²) in [7, 11) is 3.27. The molecule has 0 bridgehead atoms. The van der Waals surface area contributed by atoms with E-state index >= 15 is 0 Å². The number of ether oxygens (including phenoxy) is 1. The van der Waals surface area contributed by atoms with Crippen LogP contribution in [0.3, 0.4) is 0 Å². The monoisotopic (exact) mass is 535 g/mol. The molecule has 8 nitrogen and oxygen atoms in total. The van der Waals surface area contributed by atoms with Crippen molar-refractivity contribution in [3.8, 4) is 17.2 Å². The third-order valence-corrected chi connectivity index (χ3v) is 4.27. The minimum atomic E-state index is -0.154. The Labute approximate surface area is 198 Å². The van der Waals surface area contributed by atoms with Gasteiger partial charge in [-0.1, -0.05) is 24.3 Å². The number of aliphatic imine (C=N–C) groups is 1. The molecule has 3 aromatic rings. The molecule has 0 aliphatic heterocycles. The van der Waals surface area contributed by atoms with E-state index in [0.717, 1.165) is 16.8 Å². The summed E-state index contributed by atoms with van der Waals surface area (Å²) in [5, 5.41) is 9.22. The van der Waals surface area contributed by atoms with E-state index in [9.17, 15) is 4.79 Å². The van der Waals surface area contributed by atoms with E-state index in [1.807, 2.05) is 48.5 Å². The second-order valence-corrected chi connectivity index (χ2v) is 6.51. The number of halogens is 1. The highest BCUT2D eigenvalue weighted by molar-refractivity contribution is 14.0. The van der Waals surface area contributed by atoms with E-state index in [4.69, 9.17) is 9.15 Å². The molecule has 2 aromatic carbocycles. The molecule has 0 saturated carbocycles. The zero-order chi connectivity index (χ0) is 21.3. The predicted molar refractivity (Wildman–Crippen MR) is 132 cm³/mol. The number of rotatable bonds is 7. The van der Waals surface area contributed by atoms with Crippen molar-refractivity contribution in [2.45, 2.75) is 20.0 Å². The molecule has 1 amide bonds. The molecule has 0 radical (unpaired) electrons. The number of aromatic nitrogens is 1. The molecule has 0 unspecified atom stereocenters. The van der Waals surface area contributed by atoms with Crippen LogP contribution in [-0.4, -0.2) is 31.0 Å². The van der Waals surface area contributed by atoms with Gasteiger partial charge in [-0.15, -0.1) is 24.0 Å². The molecule has 0 atom stereocenters. The Balaban J connectivity index is 0.00000341. The number of guanidine groups is 1. The Morgan fingerprint density at radius 2 is 1.87 bits per heavy atom. The van der Waals surface area contributed by atoms with E-state index in [2.05, 4.69) is 25.9 Å². The maximum Gasteiger partial charge on any atom is 0.226 e. The van der Waals surface area contributed by atoms with Gasteiger partial charge in [-0.3, -0.25) is 9.79 Å². The van der Waals surface area contributed by atoms with Gasteiger partial charge in [-0.2, -0.15) is 0 Å². The number of carbonyl (C=O) groups is 1. The van der Waals surface area contributed by atoms with Gasteiger partial charge in [-0.25, -0.2) is 4.98 Å². The first-order valence-corrected chi connectivity index (χ1v) is 9.48. The van der Waals surface area contributed by atoms with Gasteiger partial charge in [0.15, 0.2) is 5.96 Å². The predicted octanol–water partition coefficient (Wildman–Crippen LogP) is 3.79. The highest BCUT2D eigenvalue weighted by Gasteiger charge is 2.09. The fourth-order valence-corrected chi connectivity index (χ4v) is 2.83. The summed E-state index contributed by atoms with van der Waals surface area (Å²) in [6, 6.07) is 15.4. The Kier molecular flexibility index (Phi) is 9.32. The third kappa shape index (κ3) is 6.99. The quantitative estimate of drug-likeness (QED) is 0.242. The van der Waals surface area contributed by atoms with Crippen molar-refractivity contribution in [1.82, 2.24) is 15.6 Å². The fourth-order valence-electron chi connectivity index (χ4n) is 2.83. The van der Waals surface area contributed by atoms with E-state index in [0.29, 0.717) is 36.4 Å². The van der Waals surface area contributed by atoms with Crippen LogP contribution in [0, 0.1) is 0 Å². The summed E-state index contributed by atoms with van der Waals surface area (Å²) in [6.07, 6.45) is 1.63. The van der Waals surface area contributed by atoms with Gasteiger partial charge >= 0.3 is 0 Å². The summed E-state index contributed by atoms with van der Waals surface area (Å²) in [5.41, 5.74) is 3.30. The van der Waals surface area contributed by atoms with E-state index in [-0.39, 0.29) is 29.9 Å². The zero-order valence-electron chi connectivity index (χ0n) is 17.6. The van der Waals surface area contributed by atoms with Crippen LogP contribution in [0.4, 0.5) is 5.69 Å². The van der Waals surface area contributed by atoms with Gasteiger partial charge in [0.2, 0.25) is 11.8 Å². The number of nitrogens with one attached hydrogen (secondary N) is 3. The molecule has 31 heavy (non-hydrogen) atoms.